The number of carbonyl (C=O) groups excluding carboxylic acids is 1. The maximum absolute atomic E-state index is 12.9. The summed E-state index contributed by atoms with van der Waals surface area (Å²) in [5.74, 6) is 0.659. The summed E-state index contributed by atoms with van der Waals surface area (Å²) in [7, 11) is 1.54. The van der Waals surface area contributed by atoms with Crippen molar-refractivity contribution in [2.75, 3.05) is 46.6 Å². The second kappa shape index (κ2) is 8.86. The van der Waals surface area contributed by atoms with Crippen LogP contribution in [0.15, 0.2) is 18.2 Å². The number of likely N-dealkylation sites (tertiary alicyclic amines) is 1. The van der Waals surface area contributed by atoms with Crippen LogP contribution in [0.3, 0.4) is 0 Å². The van der Waals surface area contributed by atoms with Crippen LogP contribution >= 0.6 is 0 Å². The Bertz CT molecular complexity index is 540. The monoisotopic (exact) mass is 338 g/mol. The van der Waals surface area contributed by atoms with E-state index in [1.807, 2.05) is 0 Å². The standard InChI is InChI=1S/C17H26N2O5/c1-23-14-3-4-16(24-6-2-5-18)15(7-14)17(22)19-8-12(10-20)13(9-19)11-21/h3-4,7,12-13,20-21H,2,5-6,8-11,18H2,1H3/t12-,13-/m0/s1. The minimum atomic E-state index is -0.189. The molecule has 1 aliphatic rings. The van der Waals surface area contributed by atoms with Gasteiger partial charge in [-0.1, -0.05) is 0 Å². The second-order valence-electron chi connectivity index (χ2n) is 5.95. The van der Waals surface area contributed by atoms with Gasteiger partial charge in [0.15, 0.2) is 0 Å². The number of rotatable bonds is 8. The van der Waals surface area contributed by atoms with E-state index in [9.17, 15) is 15.0 Å². The fourth-order valence-corrected chi connectivity index (χ4v) is 2.88. The molecule has 1 aliphatic heterocycles. The van der Waals surface area contributed by atoms with Crippen molar-refractivity contribution in [1.82, 2.24) is 4.90 Å². The Labute approximate surface area is 142 Å². The van der Waals surface area contributed by atoms with Crippen molar-refractivity contribution in [2.45, 2.75) is 6.42 Å². The number of methoxy groups -OCH3 is 1. The van der Waals surface area contributed by atoms with Gasteiger partial charge in [-0.05, 0) is 31.2 Å². The van der Waals surface area contributed by atoms with Gasteiger partial charge in [0.1, 0.15) is 11.5 Å². The first-order valence-electron chi connectivity index (χ1n) is 8.16. The van der Waals surface area contributed by atoms with E-state index in [4.69, 9.17) is 15.2 Å². The van der Waals surface area contributed by atoms with Gasteiger partial charge in [0.25, 0.3) is 5.91 Å². The summed E-state index contributed by atoms with van der Waals surface area (Å²) in [6.45, 7) is 1.68. The van der Waals surface area contributed by atoms with Crippen LogP contribution in [0.2, 0.25) is 0 Å². The maximum Gasteiger partial charge on any atom is 0.257 e. The molecule has 1 amide bonds. The molecule has 0 spiro atoms. The zero-order valence-corrected chi connectivity index (χ0v) is 14.0. The number of amides is 1. The van der Waals surface area contributed by atoms with E-state index in [1.165, 1.54) is 7.11 Å². The highest BCUT2D eigenvalue weighted by molar-refractivity contribution is 5.97. The molecular weight excluding hydrogens is 312 g/mol. The number of benzene rings is 1. The highest BCUT2D eigenvalue weighted by atomic mass is 16.5. The number of nitrogens with zero attached hydrogens (tertiary/aromatic N) is 1. The van der Waals surface area contributed by atoms with Crippen LogP contribution in [-0.4, -0.2) is 67.6 Å². The van der Waals surface area contributed by atoms with Crippen LogP contribution < -0.4 is 15.2 Å². The molecule has 1 fully saturated rings. The van der Waals surface area contributed by atoms with E-state index in [0.29, 0.717) is 49.7 Å². The Morgan fingerprint density at radius 2 is 1.96 bits per heavy atom. The molecule has 7 heteroatoms. The van der Waals surface area contributed by atoms with E-state index in [1.54, 1.807) is 23.1 Å². The molecule has 0 aromatic heterocycles. The predicted molar refractivity (Wildman–Crippen MR) is 89.2 cm³/mol. The molecule has 2 rings (SSSR count). The first-order valence-corrected chi connectivity index (χ1v) is 8.16. The SMILES string of the molecule is COc1ccc(OCCCN)c(C(=O)N2C[C@@H](CO)[C@H](CO)C2)c1. The summed E-state index contributed by atoms with van der Waals surface area (Å²) in [5.41, 5.74) is 5.89. The molecule has 0 unspecified atom stereocenters. The van der Waals surface area contributed by atoms with E-state index >= 15 is 0 Å². The number of hydrogen-bond donors (Lipinski definition) is 3. The van der Waals surface area contributed by atoms with Gasteiger partial charge >= 0.3 is 0 Å². The molecule has 24 heavy (non-hydrogen) atoms. The lowest BCUT2D eigenvalue weighted by Crippen LogP contribution is -2.30. The molecule has 134 valence electrons. The zero-order valence-electron chi connectivity index (χ0n) is 14.0. The van der Waals surface area contributed by atoms with Gasteiger partial charge in [0.05, 0.1) is 19.3 Å². The van der Waals surface area contributed by atoms with Crippen molar-refractivity contribution in [3.8, 4) is 11.5 Å². The maximum atomic E-state index is 12.9. The van der Waals surface area contributed by atoms with Gasteiger partial charge in [-0.2, -0.15) is 0 Å². The fourth-order valence-electron chi connectivity index (χ4n) is 2.88. The average molecular weight is 338 g/mol. The van der Waals surface area contributed by atoms with Gasteiger partial charge in [0, 0.05) is 38.1 Å². The number of aliphatic hydroxyl groups excluding tert-OH is 2. The first-order chi connectivity index (χ1) is 11.6. The largest absolute Gasteiger partial charge is 0.497 e. The number of aliphatic hydroxyl groups is 2. The molecule has 1 saturated heterocycles. The average Bonchev–Trinajstić information content (AvgIpc) is 3.05. The minimum Gasteiger partial charge on any atom is -0.497 e. The van der Waals surface area contributed by atoms with Crippen LogP contribution in [0.4, 0.5) is 0 Å². The molecule has 0 bridgehead atoms. The smallest absolute Gasteiger partial charge is 0.257 e. The van der Waals surface area contributed by atoms with Gasteiger partial charge in [-0.25, -0.2) is 0 Å². The van der Waals surface area contributed by atoms with E-state index < -0.39 is 0 Å². The van der Waals surface area contributed by atoms with Crippen molar-refractivity contribution in [2.24, 2.45) is 17.6 Å². The Kier molecular flexibility index (Phi) is 6.84. The topological polar surface area (TPSA) is 105 Å². The predicted octanol–water partition coefficient (Wildman–Crippen LogP) is 0.0956. The highest BCUT2D eigenvalue weighted by Crippen LogP contribution is 2.29. The molecule has 1 heterocycles. The summed E-state index contributed by atoms with van der Waals surface area (Å²) >= 11 is 0. The number of hydrogen-bond acceptors (Lipinski definition) is 6. The Morgan fingerprint density at radius 1 is 1.29 bits per heavy atom. The lowest BCUT2D eigenvalue weighted by atomic mass is 9.98. The number of nitrogens with two attached hydrogens (primary N) is 1. The molecule has 1 aromatic rings. The van der Waals surface area contributed by atoms with Crippen LogP contribution in [0.5, 0.6) is 11.5 Å². The summed E-state index contributed by atoms with van der Waals surface area (Å²) in [5, 5.41) is 18.8. The first kappa shape index (κ1) is 18.5. The molecule has 0 radical (unpaired) electrons. The number of ether oxygens (including phenoxy) is 2. The van der Waals surface area contributed by atoms with Crippen molar-refractivity contribution >= 4 is 5.91 Å². The molecule has 7 nitrogen and oxygen atoms in total. The second-order valence-corrected chi connectivity index (χ2v) is 5.95. The quantitative estimate of drug-likeness (QED) is 0.581. The molecule has 1 aromatic carbocycles. The summed E-state index contributed by atoms with van der Waals surface area (Å²) in [6.07, 6.45) is 0.697. The van der Waals surface area contributed by atoms with E-state index in [2.05, 4.69) is 0 Å². The highest BCUT2D eigenvalue weighted by Gasteiger charge is 2.35. The lowest BCUT2D eigenvalue weighted by molar-refractivity contribution is 0.0773. The van der Waals surface area contributed by atoms with Crippen molar-refractivity contribution in [1.29, 1.82) is 0 Å². The summed E-state index contributed by atoms with van der Waals surface area (Å²) in [6, 6.07) is 5.11. The molecule has 0 aliphatic carbocycles. The Morgan fingerprint density at radius 3 is 2.50 bits per heavy atom. The van der Waals surface area contributed by atoms with E-state index in [-0.39, 0.29) is 31.0 Å². The summed E-state index contributed by atoms with van der Waals surface area (Å²) < 4.78 is 10.9. The van der Waals surface area contributed by atoms with Crippen molar-refractivity contribution in [3.05, 3.63) is 23.8 Å². The molecular formula is C17H26N2O5. The van der Waals surface area contributed by atoms with Crippen LogP contribution in [-0.2, 0) is 0 Å². The van der Waals surface area contributed by atoms with Crippen LogP contribution in [0.25, 0.3) is 0 Å². The van der Waals surface area contributed by atoms with Gasteiger partial charge in [-0.15, -0.1) is 0 Å². The molecule has 0 saturated carbocycles. The van der Waals surface area contributed by atoms with Gasteiger partial charge in [0.2, 0.25) is 0 Å². The lowest BCUT2D eigenvalue weighted by Gasteiger charge is -2.19. The number of carbonyl (C=O) groups is 1. The minimum absolute atomic E-state index is 0.0486. The summed E-state index contributed by atoms with van der Waals surface area (Å²) in [4.78, 5) is 14.5. The zero-order chi connectivity index (χ0) is 17.5. The van der Waals surface area contributed by atoms with Gasteiger partial charge < -0.3 is 30.3 Å². The molecule has 2 atom stereocenters. The normalized spacial score (nSPS) is 20.2. The fraction of sp³-hybridized carbons (Fsp3) is 0.588. The third-order valence-corrected chi connectivity index (χ3v) is 4.36. The molecule has 4 N–H and O–H groups in total. The van der Waals surface area contributed by atoms with Crippen molar-refractivity contribution in [3.63, 3.8) is 0 Å². The van der Waals surface area contributed by atoms with Crippen LogP contribution in [0, 0.1) is 11.8 Å². The third-order valence-electron chi connectivity index (χ3n) is 4.36. The Balaban J connectivity index is 2.20. The van der Waals surface area contributed by atoms with E-state index in [0.717, 1.165) is 0 Å². The van der Waals surface area contributed by atoms with Crippen LogP contribution in [0.1, 0.15) is 16.8 Å². The van der Waals surface area contributed by atoms with Crippen molar-refractivity contribution < 1.29 is 24.5 Å². The Hall–Kier alpha value is -1.83. The third kappa shape index (κ3) is 4.17. The van der Waals surface area contributed by atoms with Gasteiger partial charge in [-0.3, -0.25) is 4.79 Å².